The van der Waals surface area contributed by atoms with Crippen LogP contribution in [0, 0.1) is 11.6 Å². The Labute approximate surface area is 127 Å². The zero-order chi connectivity index (χ0) is 14.8. The fourth-order valence-corrected chi connectivity index (χ4v) is 4.22. The van der Waals surface area contributed by atoms with E-state index in [1.54, 1.807) is 6.07 Å². The Morgan fingerprint density at radius 1 is 1.19 bits per heavy atom. The zero-order valence-electron chi connectivity index (χ0n) is 11.8. The number of halogens is 2. The van der Waals surface area contributed by atoms with Gasteiger partial charge in [-0.15, -0.1) is 11.8 Å². The fraction of sp³-hybridized carbons (Fsp3) is 0.294. The lowest BCUT2D eigenvalue weighted by Crippen LogP contribution is -2.37. The van der Waals surface area contributed by atoms with Crippen molar-refractivity contribution in [2.24, 2.45) is 0 Å². The van der Waals surface area contributed by atoms with Crippen LogP contribution in [0.5, 0.6) is 0 Å². The molecule has 0 aromatic heterocycles. The van der Waals surface area contributed by atoms with Crippen molar-refractivity contribution in [1.29, 1.82) is 0 Å². The molecule has 4 heteroatoms. The Morgan fingerprint density at radius 2 is 2.00 bits per heavy atom. The van der Waals surface area contributed by atoms with Gasteiger partial charge < -0.3 is 5.32 Å². The highest BCUT2D eigenvalue weighted by Crippen LogP contribution is 2.38. The van der Waals surface area contributed by atoms with E-state index in [0.29, 0.717) is 11.7 Å². The Balaban J connectivity index is 1.73. The molecule has 1 N–H and O–H groups in total. The molecule has 2 atom stereocenters. The Kier molecular flexibility index (Phi) is 4.27. The van der Waals surface area contributed by atoms with Crippen molar-refractivity contribution < 1.29 is 8.78 Å². The van der Waals surface area contributed by atoms with Crippen LogP contribution in [0.25, 0.3) is 0 Å². The average molecular weight is 305 g/mol. The van der Waals surface area contributed by atoms with Gasteiger partial charge in [0.05, 0.1) is 0 Å². The summed E-state index contributed by atoms with van der Waals surface area (Å²) in [5.41, 5.74) is 2.20. The molecule has 0 aliphatic carbocycles. The van der Waals surface area contributed by atoms with Crippen molar-refractivity contribution >= 4 is 11.8 Å². The number of benzene rings is 2. The molecule has 21 heavy (non-hydrogen) atoms. The van der Waals surface area contributed by atoms with Crippen LogP contribution in [0.4, 0.5) is 8.78 Å². The minimum absolute atomic E-state index is 0.229. The van der Waals surface area contributed by atoms with Gasteiger partial charge in [0.2, 0.25) is 0 Å². The van der Waals surface area contributed by atoms with Crippen LogP contribution in [-0.4, -0.2) is 18.3 Å². The van der Waals surface area contributed by atoms with Crippen LogP contribution in [0.2, 0.25) is 0 Å². The molecule has 0 fully saturated rings. The largest absolute Gasteiger partial charge is 0.316 e. The van der Waals surface area contributed by atoms with E-state index in [9.17, 15) is 8.78 Å². The molecular weight excluding hydrogens is 288 g/mol. The van der Waals surface area contributed by atoms with E-state index >= 15 is 0 Å². The van der Waals surface area contributed by atoms with E-state index in [1.807, 2.05) is 18.8 Å². The summed E-state index contributed by atoms with van der Waals surface area (Å²) in [5, 5.41) is 3.74. The molecule has 0 radical (unpaired) electrons. The van der Waals surface area contributed by atoms with E-state index in [4.69, 9.17) is 0 Å². The lowest BCUT2D eigenvalue weighted by Gasteiger charge is -2.22. The van der Waals surface area contributed by atoms with Crippen molar-refractivity contribution in [3.05, 3.63) is 65.2 Å². The van der Waals surface area contributed by atoms with E-state index in [1.165, 1.54) is 22.6 Å². The third-order valence-electron chi connectivity index (χ3n) is 3.93. The monoisotopic (exact) mass is 305 g/mol. The second-order valence-corrected chi connectivity index (χ2v) is 6.60. The van der Waals surface area contributed by atoms with Gasteiger partial charge in [-0.3, -0.25) is 0 Å². The van der Waals surface area contributed by atoms with Crippen molar-refractivity contribution in [1.82, 2.24) is 5.32 Å². The summed E-state index contributed by atoms with van der Waals surface area (Å²) < 4.78 is 26.3. The van der Waals surface area contributed by atoms with Crippen LogP contribution < -0.4 is 5.32 Å². The predicted molar refractivity (Wildman–Crippen MR) is 82.7 cm³/mol. The van der Waals surface area contributed by atoms with Crippen molar-refractivity contribution in [2.75, 3.05) is 7.05 Å². The lowest BCUT2D eigenvalue weighted by molar-refractivity contribution is 0.501. The third-order valence-corrected chi connectivity index (χ3v) is 5.38. The van der Waals surface area contributed by atoms with E-state index in [-0.39, 0.29) is 6.04 Å². The summed E-state index contributed by atoms with van der Waals surface area (Å²) in [6, 6.07) is 12.8. The van der Waals surface area contributed by atoms with Crippen LogP contribution in [0.15, 0.2) is 47.4 Å². The van der Waals surface area contributed by atoms with Crippen LogP contribution >= 0.6 is 11.8 Å². The second kappa shape index (κ2) is 6.16. The molecule has 2 aromatic carbocycles. The first-order valence-electron chi connectivity index (χ1n) is 7.03. The third kappa shape index (κ3) is 3.11. The fourth-order valence-electron chi connectivity index (χ4n) is 2.77. The number of likely N-dealkylation sites (N-methyl/N-ethyl adjacent to an activating group) is 1. The summed E-state index contributed by atoms with van der Waals surface area (Å²) >= 11 is 1.87. The summed E-state index contributed by atoms with van der Waals surface area (Å²) in [7, 11) is 1.92. The van der Waals surface area contributed by atoms with Gasteiger partial charge in [-0.05, 0) is 49.2 Å². The zero-order valence-corrected chi connectivity index (χ0v) is 12.6. The van der Waals surface area contributed by atoms with Gasteiger partial charge >= 0.3 is 0 Å². The molecule has 110 valence electrons. The Morgan fingerprint density at radius 3 is 2.71 bits per heavy atom. The topological polar surface area (TPSA) is 12.0 Å². The number of thioether (sulfide) groups is 1. The normalized spacial score (nSPS) is 18.5. The predicted octanol–water partition coefficient (Wildman–Crippen LogP) is 3.81. The lowest BCUT2D eigenvalue weighted by atomic mass is 9.99. The van der Waals surface area contributed by atoms with Gasteiger partial charge in [0.15, 0.2) is 11.6 Å². The number of nitrogens with one attached hydrogen (secondary N) is 1. The minimum Gasteiger partial charge on any atom is -0.316 e. The molecular formula is C17H17F2NS. The first kappa shape index (κ1) is 14.5. The minimum atomic E-state index is -0.789. The molecule has 2 unspecified atom stereocenters. The van der Waals surface area contributed by atoms with Crippen LogP contribution in [-0.2, 0) is 12.8 Å². The number of hydrogen-bond acceptors (Lipinski definition) is 2. The molecule has 1 aliphatic rings. The van der Waals surface area contributed by atoms with Gasteiger partial charge in [0, 0.05) is 16.2 Å². The number of fused-ring (bicyclic) bond motifs is 1. The number of hydrogen-bond donors (Lipinski definition) is 1. The first-order valence-corrected chi connectivity index (χ1v) is 7.91. The second-order valence-electron chi connectivity index (χ2n) is 5.32. The molecule has 0 saturated heterocycles. The van der Waals surface area contributed by atoms with Crippen molar-refractivity contribution in [2.45, 2.75) is 29.0 Å². The average Bonchev–Trinajstić information content (AvgIpc) is 2.92. The summed E-state index contributed by atoms with van der Waals surface area (Å²) in [4.78, 5) is 1.33. The smallest absolute Gasteiger partial charge is 0.159 e. The van der Waals surface area contributed by atoms with Gasteiger partial charge in [0.25, 0.3) is 0 Å². The maximum absolute atomic E-state index is 13.3. The molecule has 0 saturated carbocycles. The maximum atomic E-state index is 13.3. The van der Waals surface area contributed by atoms with Crippen LogP contribution in [0.1, 0.15) is 11.1 Å². The van der Waals surface area contributed by atoms with Crippen LogP contribution in [0.3, 0.4) is 0 Å². The maximum Gasteiger partial charge on any atom is 0.159 e. The number of rotatable bonds is 4. The quantitative estimate of drug-likeness (QED) is 0.922. The van der Waals surface area contributed by atoms with E-state index < -0.39 is 11.6 Å². The van der Waals surface area contributed by atoms with Gasteiger partial charge in [-0.2, -0.15) is 0 Å². The summed E-state index contributed by atoms with van der Waals surface area (Å²) in [6.45, 7) is 0. The van der Waals surface area contributed by atoms with E-state index in [0.717, 1.165) is 12.0 Å². The van der Waals surface area contributed by atoms with Gasteiger partial charge in [0.1, 0.15) is 0 Å². The standard InChI is InChI=1S/C17H17F2NS/c1-20-15(9-11-6-7-13(18)14(19)8-11)17-10-12-4-2-3-5-16(12)21-17/h2-8,15,17,20H,9-10H2,1H3. The molecule has 0 amide bonds. The van der Waals surface area contributed by atoms with Crippen molar-refractivity contribution in [3.63, 3.8) is 0 Å². The Hall–Kier alpha value is -1.39. The molecule has 1 nitrogen and oxygen atoms in total. The SMILES string of the molecule is CNC(Cc1ccc(F)c(F)c1)C1Cc2ccccc2S1. The van der Waals surface area contributed by atoms with E-state index in [2.05, 4.69) is 29.6 Å². The highest BCUT2D eigenvalue weighted by atomic mass is 32.2. The molecule has 3 rings (SSSR count). The molecule has 0 spiro atoms. The first-order chi connectivity index (χ1) is 10.2. The van der Waals surface area contributed by atoms with Crippen molar-refractivity contribution in [3.8, 4) is 0 Å². The van der Waals surface area contributed by atoms with Gasteiger partial charge in [-0.25, -0.2) is 8.78 Å². The molecule has 0 bridgehead atoms. The molecule has 1 heterocycles. The Bertz CT molecular complexity index is 619. The summed E-state index contributed by atoms with van der Waals surface area (Å²) in [6.07, 6.45) is 1.70. The molecule has 1 aliphatic heterocycles. The van der Waals surface area contributed by atoms with Gasteiger partial charge in [-0.1, -0.05) is 24.3 Å². The molecule has 2 aromatic rings. The highest BCUT2D eigenvalue weighted by Gasteiger charge is 2.28. The highest BCUT2D eigenvalue weighted by molar-refractivity contribution is 8.00. The summed E-state index contributed by atoms with van der Waals surface area (Å²) in [5.74, 6) is -1.56.